The molecule has 0 aliphatic heterocycles. The van der Waals surface area contributed by atoms with Gasteiger partial charge in [0, 0.05) is 24.8 Å². The molecule has 0 spiro atoms. The summed E-state index contributed by atoms with van der Waals surface area (Å²) < 4.78 is 1.88. The number of hydrogen-bond donors (Lipinski definition) is 1. The highest BCUT2D eigenvalue weighted by Gasteiger charge is 2.18. The van der Waals surface area contributed by atoms with E-state index in [0.717, 1.165) is 36.4 Å². The lowest BCUT2D eigenvalue weighted by atomic mass is 10.2. The Morgan fingerprint density at radius 2 is 2.15 bits per heavy atom. The van der Waals surface area contributed by atoms with Gasteiger partial charge in [-0.15, -0.1) is 5.10 Å². The van der Waals surface area contributed by atoms with E-state index in [1.807, 2.05) is 29.6 Å². The summed E-state index contributed by atoms with van der Waals surface area (Å²) in [5, 5.41) is 7.81. The lowest BCUT2D eigenvalue weighted by molar-refractivity contribution is 0.254. The van der Waals surface area contributed by atoms with E-state index < -0.39 is 0 Å². The summed E-state index contributed by atoms with van der Waals surface area (Å²) in [7, 11) is 2.22. The number of nitrogens with one attached hydrogen (secondary N) is 1. The summed E-state index contributed by atoms with van der Waals surface area (Å²) in [6, 6.07) is 6.81. The van der Waals surface area contributed by atoms with Crippen LogP contribution in [0.15, 0.2) is 18.2 Å². The Bertz CT molecular complexity index is 571. The SMILES string of the molecule is Cc1cccc2nc(NCCN(C)C3CCCC3)nn12. The molecule has 3 rings (SSSR count). The minimum Gasteiger partial charge on any atom is -0.352 e. The topological polar surface area (TPSA) is 45.5 Å². The monoisotopic (exact) mass is 273 g/mol. The first-order valence-corrected chi connectivity index (χ1v) is 7.50. The molecule has 1 aliphatic carbocycles. The van der Waals surface area contributed by atoms with Crippen molar-refractivity contribution in [2.45, 2.75) is 38.6 Å². The van der Waals surface area contributed by atoms with E-state index in [4.69, 9.17) is 0 Å². The van der Waals surface area contributed by atoms with Crippen LogP contribution in [0.25, 0.3) is 5.65 Å². The Morgan fingerprint density at radius 3 is 2.90 bits per heavy atom. The summed E-state index contributed by atoms with van der Waals surface area (Å²) >= 11 is 0. The predicted molar refractivity (Wildman–Crippen MR) is 81.1 cm³/mol. The zero-order valence-electron chi connectivity index (χ0n) is 12.3. The van der Waals surface area contributed by atoms with Gasteiger partial charge < -0.3 is 10.2 Å². The number of nitrogens with zero attached hydrogens (tertiary/aromatic N) is 4. The summed E-state index contributed by atoms with van der Waals surface area (Å²) in [5.41, 5.74) is 2.00. The average molecular weight is 273 g/mol. The second-order valence-corrected chi connectivity index (χ2v) is 5.72. The Labute approximate surface area is 120 Å². The zero-order chi connectivity index (χ0) is 13.9. The van der Waals surface area contributed by atoms with Gasteiger partial charge in [-0.1, -0.05) is 18.9 Å². The standard InChI is InChI=1S/C15H23N5/c1-12-6-5-9-14-17-15(18-20(12)14)16-10-11-19(2)13-7-3-4-8-13/h5-6,9,13H,3-4,7-8,10-11H2,1-2H3,(H,16,18). The molecule has 1 saturated carbocycles. The molecule has 0 saturated heterocycles. The third-order valence-electron chi connectivity index (χ3n) is 4.24. The lowest BCUT2D eigenvalue weighted by Gasteiger charge is -2.23. The second kappa shape index (κ2) is 5.79. The van der Waals surface area contributed by atoms with Crippen LogP contribution in [-0.4, -0.2) is 45.7 Å². The lowest BCUT2D eigenvalue weighted by Crippen LogP contribution is -2.33. The van der Waals surface area contributed by atoms with E-state index in [-0.39, 0.29) is 0 Å². The van der Waals surface area contributed by atoms with Crippen LogP contribution in [0.2, 0.25) is 0 Å². The fourth-order valence-electron chi connectivity index (χ4n) is 2.98. The van der Waals surface area contributed by atoms with Crippen LogP contribution in [0.4, 0.5) is 5.95 Å². The van der Waals surface area contributed by atoms with Crippen LogP contribution in [0.3, 0.4) is 0 Å². The summed E-state index contributed by atoms with van der Waals surface area (Å²) in [6.07, 6.45) is 5.47. The third kappa shape index (κ3) is 2.77. The van der Waals surface area contributed by atoms with Gasteiger partial charge in [0.1, 0.15) is 0 Å². The summed E-state index contributed by atoms with van der Waals surface area (Å²) in [4.78, 5) is 6.95. The minimum absolute atomic E-state index is 0.721. The average Bonchev–Trinajstić information content (AvgIpc) is 3.07. The molecule has 5 nitrogen and oxygen atoms in total. The van der Waals surface area contributed by atoms with Crippen molar-refractivity contribution < 1.29 is 0 Å². The van der Waals surface area contributed by atoms with Crippen molar-refractivity contribution in [3.8, 4) is 0 Å². The fourth-order valence-corrected chi connectivity index (χ4v) is 2.98. The molecule has 0 radical (unpaired) electrons. The van der Waals surface area contributed by atoms with E-state index in [2.05, 4.69) is 27.3 Å². The summed E-state index contributed by atoms with van der Waals surface area (Å²) in [5.74, 6) is 0.721. The molecule has 2 aromatic rings. The minimum atomic E-state index is 0.721. The van der Waals surface area contributed by atoms with E-state index in [1.165, 1.54) is 25.7 Å². The Hall–Kier alpha value is -1.62. The molecular formula is C15H23N5. The molecule has 108 valence electrons. The van der Waals surface area contributed by atoms with Crippen LogP contribution < -0.4 is 5.32 Å². The number of rotatable bonds is 5. The molecule has 2 aromatic heterocycles. The second-order valence-electron chi connectivity index (χ2n) is 5.72. The van der Waals surface area contributed by atoms with Crippen molar-refractivity contribution in [2.75, 3.05) is 25.5 Å². The quantitative estimate of drug-likeness (QED) is 0.908. The molecule has 0 bridgehead atoms. The first-order chi connectivity index (χ1) is 9.74. The van der Waals surface area contributed by atoms with Crippen molar-refractivity contribution in [2.24, 2.45) is 0 Å². The van der Waals surface area contributed by atoms with Crippen molar-refractivity contribution in [1.82, 2.24) is 19.5 Å². The van der Waals surface area contributed by atoms with Gasteiger partial charge in [-0.2, -0.15) is 4.98 Å². The first-order valence-electron chi connectivity index (χ1n) is 7.50. The number of pyridine rings is 1. The van der Waals surface area contributed by atoms with Gasteiger partial charge in [-0.05, 0) is 38.9 Å². The van der Waals surface area contributed by atoms with Crippen molar-refractivity contribution >= 4 is 11.6 Å². The molecule has 1 aliphatic rings. The molecule has 0 aromatic carbocycles. The number of anilines is 1. The van der Waals surface area contributed by atoms with Crippen LogP contribution in [-0.2, 0) is 0 Å². The van der Waals surface area contributed by atoms with Gasteiger partial charge in [0.2, 0.25) is 5.95 Å². The van der Waals surface area contributed by atoms with Crippen LogP contribution in [0, 0.1) is 6.92 Å². The van der Waals surface area contributed by atoms with E-state index in [9.17, 15) is 0 Å². The van der Waals surface area contributed by atoms with Gasteiger partial charge in [0.05, 0.1) is 0 Å². The predicted octanol–water partition coefficient (Wildman–Crippen LogP) is 2.32. The molecule has 1 N–H and O–H groups in total. The Kier molecular flexibility index (Phi) is 3.87. The highest BCUT2D eigenvalue weighted by Crippen LogP contribution is 2.21. The van der Waals surface area contributed by atoms with Crippen LogP contribution in [0.5, 0.6) is 0 Å². The largest absolute Gasteiger partial charge is 0.352 e. The Balaban J connectivity index is 1.55. The fraction of sp³-hybridized carbons (Fsp3) is 0.600. The van der Waals surface area contributed by atoms with Crippen molar-refractivity contribution in [3.05, 3.63) is 23.9 Å². The maximum absolute atomic E-state index is 4.49. The number of likely N-dealkylation sites (N-methyl/N-ethyl adjacent to an activating group) is 1. The molecule has 0 unspecified atom stereocenters. The number of aryl methyl sites for hydroxylation is 1. The maximum Gasteiger partial charge on any atom is 0.243 e. The van der Waals surface area contributed by atoms with Gasteiger partial charge in [-0.25, -0.2) is 4.52 Å². The number of hydrogen-bond acceptors (Lipinski definition) is 4. The third-order valence-corrected chi connectivity index (χ3v) is 4.24. The van der Waals surface area contributed by atoms with Crippen molar-refractivity contribution in [1.29, 1.82) is 0 Å². The van der Waals surface area contributed by atoms with Gasteiger partial charge in [0.25, 0.3) is 0 Å². The molecule has 0 amide bonds. The smallest absolute Gasteiger partial charge is 0.243 e. The molecule has 1 fully saturated rings. The van der Waals surface area contributed by atoms with E-state index >= 15 is 0 Å². The van der Waals surface area contributed by atoms with Crippen molar-refractivity contribution in [3.63, 3.8) is 0 Å². The van der Waals surface area contributed by atoms with Crippen LogP contribution in [0.1, 0.15) is 31.4 Å². The molecule has 0 atom stereocenters. The molecular weight excluding hydrogens is 250 g/mol. The summed E-state index contributed by atoms with van der Waals surface area (Å²) in [6.45, 7) is 3.97. The highest BCUT2D eigenvalue weighted by atomic mass is 15.4. The molecule has 2 heterocycles. The highest BCUT2D eigenvalue weighted by molar-refractivity contribution is 5.44. The van der Waals surface area contributed by atoms with E-state index in [1.54, 1.807) is 0 Å². The van der Waals surface area contributed by atoms with Gasteiger partial charge in [-0.3, -0.25) is 0 Å². The zero-order valence-corrected chi connectivity index (χ0v) is 12.3. The molecule has 20 heavy (non-hydrogen) atoms. The van der Waals surface area contributed by atoms with Gasteiger partial charge in [0.15, 0.2) is 5.65 Å². The number of fused-ring (bicyclic) bond motifs is 1. The first kappa shape index (κ1) is 13.4. The maximum atomic E-state index is 4.49. The number of aromatic nitrogens is 3. The Morgan fingerprint density at radius 1 is 1.35 bits per heavy atom. The van der Waals surface area contributed by atoms with E-state index in [0.29, 0.717) is 0 Å². The normalized spacial score (nSPS) is 16.4. The van der Waals surface area contributed by atoms with Crippen LogP contribution >= 0.6 is 0 Å². The van der Waals surface area contributed by atoms with Gasteiger partial charge >= 0.3 is 0 Å². The molecule has 5 heteroatoms.